The number of carboxylic acids is 1. The SMILES string of the molecule is CC1CCCC(C)N1Nc1nccc(C(=O)O)c1Cl. The molecule has 0 aliphatic carbocycles. The van der Waals surface area contributed by atoms with Crippen molar-refractivity contribution >= 4 is 23.4 Å². The molecule has 104 valence electrons. The highest BCUT2D eigenvalue weighted by Crippen LogP contribution is 2.28. The molecule has 1 aliphatic rings. The molecule has 1 aromatic heterocycles. The zero-order valence-electron chi connectivity index (χ0n) is 11.1. The van der Waals surface area contributed by atoms with Crippen molar-refractivity contribution in [3.8, 4) is 0 Å². The third-order valence-electron chi connectivity index (χ3n) is 3.55. The van der Waals surface area contributed by atoms with Crippen molar-refractivity contribution < 1.29 is 9.90 Å². The van der Waals surface area contributed by atoms with Crippen LogP contribution in [0, 0.1) is 0 Å². The van der Waals surface area contributed by atoms with Crippen LogP contribution < -0.4 is 5.43 Å². The molecule has 1 aromatic rings. The van der Waals surface area contributed by atoms with Crippen LogP contribution in [0.15, 0.2) is 12.3 Å². The lowest BCUT2D eigenvalue weighted by atomic mass is 10.00. The fraction of sp³-hybridized carbons (Fsp3) is 0.538. The molecular formula is C13H18ClN3O2. The van der Waals surface area contributed by atoms with Gasteiger partial charge in [-0.2, -0.15) is 0 Å². The lowest BCUT2D eigenvalue weighted by molar-refractivity contribution is 0.0697. The number of nitrogens with zero attached hydrogens (tertiary/aromatic N) is 2. The predicted molar refractivity (Wildman–Crippen MR) is 74.4 cm³/mol. The molecule has 6 heteroatoms. The van der Waals surface area contributed by atoms with Crippen molar-refractivity contribution in [2.24, 2.45) is 0 Å². The molecule has 19 heavy (non-hydrogen) atoms. The molecular weight excluding hydrogens is 266 g/mol. The average molecular weight is 284 g/mol. The van der Waals surface area contributed by atoms with Crippen LogP contribution in [0.4, 0.5) is 5.82 Å². The van der Waals surface area contributed by atoms with Crippen molar-refractivity contribution in [3.63, 3.8) is 0 Å². The summed E-state index contributed by atoms with van der Waals surface area (Å²) in [5.41, 5.74) is 3.24. The standard InChI is InChI=1S/C13H18ClN3O2/c1-8-4-3-5-9(2)17(8)16-12-11(14)10(13(18)19)6-7-15-12/h6-9H,3-5H2,1-2H3,(H,15,16)(H,18,19). The molecule has 0 amide bonds. The number of hydrazine groups is 1. The van der Waals surface area contributed by atoms with E-state index in [1.54, 1.807) is 0 Å². The Labute approximate surface area is 117 Å². The lowest BCUT2D eigenvalue weighted by Gasteiger charge is -2.39. The van der Waals surface area contributed by atoms with Gasteiger partial charge in [0.1, 0.15) is 0 Å². The van der Waals surface area contributed by atoms with Gasteiger partial charge in [0.25, 0.3) is 0 Å². The van der Waals surface area contributed by atoms with Crippen molar-refractivity contribution in [1.82, 2.24) is 9.99 Å². The molecule has 2 unspecified atom stereocenters. The Morgan fingerprint density at radius 1 is 1.47 bits per heavy atom. The number of carbonyl (C=O) groups is 1. The summed E-state index contributed by atoms with van der Waals surface area (Å²) >= 11 is 6.09. The molecule has 0 spiro atoms. The second kappa shape index (κ2) is 5.75. The summed E-state index contributed by atoms with van der Waals surface area (Å²) in [6.45, 7) is 4.27. The molecule has 5 nitrogen and oxygen atoms in total. The van der Waals surface area contributed by atoms with Gasteiger partial charge in [-0.1, -0.05) is 18.0 Å². The Bertz CT molecular complexity index is 471. The van der Waals surface area contributed by atoms with Gasteiger partial charge in [-0.05, 0) is 32.8 Å². The van der Waals surface area contributed by atoms with Crippen LogP contribution in [-0.4, -0.2) is 33.2 Å². The fourth-order valence-corrected chi connectivity index (χ4v) is 2.69. The van der Waals surface area contributed by atoms with Gasteiger partial charge >= 0.3 is 5.97 Å². The molecule has 0 radical (unpaired) electrons. The van der Waals surface area contributed by atoms with Gasteiger partial charge in [0.2, 0.25) is 0 Å². The Hall–Kier alpha value is -1.33. The molecule has 0 saturated carbocycles. The van der Waals surface area contributed by atoms with E-state index < -0.39 is 5.97 Å². The number of aromatic nitrogens is 1. The minimum absolute atomic E-state index is 0.0662. The van der Waals surface area contributed by atoms with Gasteiger partial charge in [0.15, 0.2) is 5.82 Å². The number of carboxylic acid groups (broad SMARTS) is 1. The first-order valence-corrected chi connectivity index (χ1v) is 6.81. The van der Waals surface area contributed by atoms with Gasteiger partial charge in [0, 0.05) is 18.3 Å². The van der Waals surface area contributed by atoms with Crippen LogP contribution in [0.3, 0.4) is 0 Å². The highest BCUT2D eigenvalue weighted by molar-refractivity contribution is 6.35. The largest absolute Gasteiger partial charge is 0.478 e. The minimum Gasteiger partial charge on any atom is -0.478 e. The van der Waals surface area contributed by atoms with E-state index in [1.165, 1.54) is 18.7 Å². The molecule has 1 saturated heterocycles. The Morgan fingerprint density at radius 2 is 2.11 bits per heavy atom. The van der Waals surface area contributed by atoms with Crippen LogP contribution in [0.25, 0.3) is 0 Å². The summed E-state index contributed by atoms with van der Waals surface area (Å²) in [7, 11) is 0. The molecule has 2 atom stereocenters. The van der Waals surface area contributed by atoms with Gasteiger partial charge < -0.3 is 10.5 Å². The summed E-state index contributed by atoms with van der Waals surface area (Å²) in [6, 6.07) is 2.14. The van der Waals surface area contributed by atoms with E-state index >= 15 is 0 Å². The lowest BCUT2D eigenvalue weighted by Crippen LogP contribution is -2.47. The number of nitrogens with one attached hydrogen (secondary N) is 1. The van der Waals surface area contributed by atoms with Crippen LogP contribution in [0.5, 0.6) is 0 Å². The third-order valence-corrected chi connectivity index (χ3v) is 3.93. The summed E-state index contributed by atoms with van der Waals surface area (Å²) in [5, 5.41) is 11.3. The Kier molecular flexibility index (Phi) is 4.27. The van der Waals surface area contributed by atoms with Crippen molar-refractivity contribution in [1.29, 1.82) is 0 Å². The van der Waals surface area contributed by atoms with E-state index in [0.29, 0.717) is 17.9 Å². The van der Waals surface area contributed by atoms with E-state index in [9.17, 15) is 4.79 Å². The maximum Gasteiger partial charge on any atom is 0.337 e. The van der Waals surface area contributed by atoms with Crippen LogP contribution >= 0.6 is 11.6 Å². The average Bonchev–Trinajstić information content (AvgIpc) is 2.35. The van der Waals surface area contributed by atoms with E-state index in [1.807, 2.05) is 0 Å². The maximum absolute atomic E-state index is 11.0. The Balaban J connectivity index is 2.23. The third kappa shape index (κ3) is 2.98. The molecule has 2 heterocycles. The zero-order chi connectivity index (χ0) is 14.0. The topological polar surface area (TPSA) is 65.5 Å². The second-order valence-corrected chi connectivity index (χ2v) is 5.35. The summed E-state index contributed by atoms with van der Waals surface area (Å²) in [6.07, 6.45) is 4.87. The van der Waals surface area contributed by atoms with Crippen molar-refractivity contribution in [3.05, 3.63) is 22.8 Å². The molecule has 2 rings (SSSR count). The van der Waals surface area contributed by atoms with E-state index in [2.05, 4.69) is 29.3 Å². The molecule has 0 aromatic carbocycles. The summed E-state index contributed by atoms with van der Waals surface area (Å²) in [4.78, 5) is 15.2. The number of pyridine rings is 1. The number of anilines is 1. The van der Waals surface area contributed by atoms with Crippen molar-refractivity contribution in [2.45, 2.75) is 45.2 Å². The monoisotopic (exact) mass is 283 g/mol. The van der Waals surface area contributed by atoms with Gasteiger partial charge in [-0.25, -0.2) is 14.8 Å². The fourth-order valence-electron chi connectivity index (χ4n) is 2.45. The predicted octanol–water partition coefficient (Wildman–Crippen LogP) is 3.02. The number of rotatable bonds is 3. The van der Waals surface area contributed by atoms with Crippen molar-refractivity contribution in [2.75, 3.05) is 5.43 Å². The molecule has 1 aliphatic heterocycles. The number of piperidine rings is 1. The normalized spacial score (nSPS) is 24.2. The van der Waals surface area contributed by atoms with Gasteiger partial charge in [-0.3, -0.25) is 0 Å². The highest BCUT2D eigenvalue weighted by atomic mass is 35.5. The molecule has 1 fully saturated rings. The van der Waals surface area contributed by atoms with E-state index in [4.69, 9.17) is 16.7 Å². The minimum atomic E-state index is -1.05. The summed E-state index contributed by atoms with van der Waals surface area (Å²) < 4.78 is 0. The first-order chi connectivity index (χ1) is 9.00. The smallest absolute Gasteiger partial charge is 0.337 e. The highest BCUT2D eigenvalue weighted by Gasteiger charge is 2.26. The van der Waals surface area contributed by atoms with Gasteiger partial charge in [0.05, 0.1) is 10.6 Å². The number of aromatic carboxylic acids is 1. The second-order valence-electron chi connectivity index (χ2n) is 4.97. The van der Waals surface area contributed by atoms with Crippen LogP contribution in [-0.2, 0) is 0 Å². The van der Waals surface area contributed by atoms with E-state index in [0.717, 1.165) is 12.8 Å². The van der Waals surface area contributed by atoms with E-state index in [-0.39, 0.29) is 10.6 Å². The first kappa shape index (κ1) is 14.1. The quantitative estimate of drug-likeness (QED) is 0.893. The molecule has 0 bridgehead atoms. The first-order valence-electron chi connectivity index (χ1n) is 6.43. The van der Waals surface area contributed by atoms with Gasteiger partial charge in [-0.15, -0.1) is 0 Å². The zero-order valence-corrected chi connectivity index (χ0v) is 11.8. The van der Waals surface area contributed by atoms with Crippen LogP contribution in [0.1, 0.15) is 43.5 Å². The number of hydrogen-bond donors (Lipinski definition) is 2. The molecule has 2 N–H and O–H groups in total. The number of halogens is 1. The summed E-state index contributed by atoms with van der Waals surface area (Å²) in [5.74, 6) is -0.641. The van der Waals surface area contributed by atoms with Crippen LogP contribution in [0.2, 0.25) is 5.02 Å². The number of hydrogen-bond acceptors (Lipinski definition) is 4. The Morgan fingerprint density at radius 3 is 2.68 bits per heavy atom. The maximum atomic E-state index is 11.0.